The molecule has 0 atom stereocenters. The standard InChI is InChI=1S/C16H20Si/c1-5-13-11-15-8-6-7-14(16(15)12-13)9-10-17(2,3)4/h6-8,12H,5,11H2,1-4H3. The summed E-state index contributed by atoms with van der Waals surface area (Å²) in [6, 6.07) is 6.52. The van der Waals surface area contributed by atoms with Crippen molar-refractivity contribution >= 4 is 14.1 Å². The molecule has 88 valence electrons. The molecule has 0 saturated heterocycles. The van der Waals surface area contributed by atoms with Crippen LogP contribution in [0.5, 0.6) is 0 Å². The van der Waals surface area contributed by atoms with Gasteiger partial charge in [0.1, 0.15) is 8.07 Å². The van der Waals surface area contributed by atoms with E-state index >= 15 is 0 Å². The third-order valence-electron chi connectivity index (χ3n) is 2.99. The average Bonchev–Trinajstić information content (AvgIpc) is 2.68. The molecule has 2 rings (SSSR count). The van der Waals surface area contributed by atoms with Gasteiger partial charge in [-0.3, -0.25) is 0 Å². The van der Waals surface area contributed by atoms with Gasteiger partial charge in [-0.05, 0) is 30.0 Å². The van der Waals surface area contributed by atoms with Gasteiger partial charge in [0.05, 0.1) is 0 Å². The largest absolute Gasteiger partial charge is 0.129 e. The summed E-state index contributed by atoms with van der Waals surface area (Å²) in [5.74, 6) is 3.40. The maximum atomic E-state index is 3.46. The number of fused-ring (bicyclic) bond motifs is 1. The van der Waals surface area contributed by atoms with E-state index in [-0.39, 0.29) is 0 Å². The minimum absolute atomic E-state index is 1.12. The molecule has 0 heterocycles. The number of allylic oxidation sites excluding steroid dienone is 1. The monoisotopic (exact) mass is 240 g/mol. The van der Waals surface area contributed by atoms with Crippen molar-refractivity contribution in [2.45, 2.75) is 39.4 Å². The number of benzene rings is 1. The fraction of sp³-hybridized carbons (Fsp3) is 0.375. The van der Waals surface area contributed by atoms with Crippen molar-refractivity contribution in [1.29, 1.82) is 0 Å². The Morgan fingerprint density at radius 3 is 2.65 bits per heavy atom. The van der Waals surface area contributed by atoms with Crippen molar-refractivity contribution in [2.75, 3.05) is 0 Å². The molecule has 0 spiro atoms. The van der Waals surface area contributed by atoms with Crippen molar-refractivity contribution in [2.24, 2.45) is 0 Å². The fourth-order valence-electron chi connectivity index (χ4n) is 2.03. The Balaban J connectivity index is 2.41. The Bertz CT molecular complexity index is 519. The predicted octanol–water partition coefficient (Wildman–Crippen LogP) is 4.27. The fourth-order valence-corrected chi connectivity index (χ4v) is 2.54. The summed E-state index contributed by atoms with van der Waals surface area (Å²) < 4.78 is 0. The van der Waals surface area contributed by atoms with Crippen molar-refractivity contribution in [3.05, 3.63) is 40.5 Å². The topological polar surface area (TPSA) is 0 Å². The lowest BCUT2D eigenvalue weighted by molar-refractivity contribution is 1.04. The summed E-state index contributed by atoms with van der Waals surface area (Å²) >= 11 is 0. The first kappa shape index (κ1) is 12.2. The molecule has 1 aliphatic rings. The first-order valence-corrected chi connectivity index (χ1v) is 9.84. The van der Waals surface area contributed by atoms with Crippen LogP contribution in [0.2, 0.25) is 19.6 Å². The minimum atomic E-state index is -1.28. The Morgan fingerprint density at radius 2 is 2.00 bits per heavy atom. The Labute approximate surface area is 106 Å². The van der Waals surface area contributed by atoms with E-state index in [1.54, 1.807) is 0 Å². The SMILES string of the molecule is CCC1=Cc2c(C#C[Si](C)(C)C)cccc2C1. The second kappa shape index (κ2) is 4.54. The van der Waals surface area contributed by atoms with E-state index < -0.39 is 8.07 Å². The van der Waals surface area contributed by atoms with E-state index in [0.29, 0.717) is 0 Å². The molecule has 0 N–H and O–H groups in total. The third-order valence-corrected chi connectivity index (χ3v) is 3.86. The summed E-state index contributed by atoms with van der Waals surface area (Å²) in [5.41, 5.74) is 9.03. The van der Waals surface area contributed by atoms with Crippen molar-refractivity contribution < 1.29 is 0 Å². The molecule has 0 unspecified atom stereocenters. The lowest BCUT2D eigenvalue weighted by atomic mass is 10.0. The second-order valence-electron chi connectivity index (χ2n) is 5.71. The highest BCUT2D eigenvalue weighted by molar-refractivity contribution is 6.83. The van der Waals surface area contributed by atoms with Crippen LogP contribution >= 0.6 is 0 Å². The third kappa shape index (κ3) is 2.90. The molecule has 1 aliphatic carbocycles. The van der Waals surface area contributed by atoms with Gasteiger partial charge in [-0.15, -0.1) is 5.54 Å². The van der Waals surface area contributed by atoms with Crippen LogP contribution in [0.4, 0.5) is 0 Å². The van der Waals surface area contributed by atoms with Crippen LogP contribution in [0.3, 0.4) is 0 Å². The maximum absolute atomic E-state index is 3.46. The van der Waals surface area contributed by atoms with Gasteiger partial charge in [0.2, 0.25) is 0 Å². The van der Waals surface area contributed by atoms with E-state index in [9.17, 15) is 0 Å². The lowest BCUT2D eigenvalue weighted by Gasteiger charge is -2.05. The zero-order valence-electron chi connectivity index (χ0n) is 11.2. The van der Waals surface area contributed by atoms with E-state index in [1.807, 2.05) is 0 Å². The molecule has 0 aliphatic heterocycles. The number of hydrogen-bond donors (Lipinski definition) is 0. The highest BCUT2D eigenvalue weighted by Crippen LogP contribution is 2.28. The Hall–Kier alpha value is -1.26. The van der Waals surface area contributed by atoms with Crippen LogP contribution in [0.1, 0.15) is 30.0 Å². The van der Waals surface area contributed by atoms with Crippen LogP contribution in [-0.4, -0.2) is 8.07 Å². The smallest absolute Gasteiger partial charge is 0.127 e. The molecule has 0 bridgehead atoms. The van der Waals surface area contributed by atoms with E-state index in [2.05, 4.69) is 62.3 Å². The van der Waals surface area contributed by atoms with Crippen LogP contribution in [-0.2, 0) is 6.42 Å². The Morgan fingerprint density at radius 1 is 1.24 bits per heavy atom. The first-order valence-electron chi connectivity index (χ1n) is 6.34. The molecule has 0 amide bonds. The Kier molecular flexibility index (Phi) is 3.26. The van der Waals surface area contributed by atoms with Gasteiger partial charge in [0.25, 0.3) is 0 Å². The molecule has 1 heteroatoms. The van der Waals surface area contributed by atoms with Crippen molar-refractivity contribution in [3.63, 3.8) is 0 Å². The van der Waals surface area contributed by atoms with Crippen molar-refractivity contribution in [1.82, 2.24) is 0 Å². The van der Waals surface area contributed by atoms with Gasteiger partial charge in [-0.2, -0.15) is 0 Å². The van der Waals surface area contributed by atoms with Crippen LogP contribution in [0.25, 0.3) is 6.08 Å². The zero-order valence-corrected chi connectivity index (χ0v) is 12.2. The molecule has 0 aromatic heterocycles. The minimum Gasteiger partial charge on any atom is -0.127 e. The van der Waals surface area contributed by atoms with Gasteiger partial charge in [0, 0.05) is 5.56 Å². The van der Waals surface area contributed by atoms with Crippen molar-refractivity contribution in [3.8, 4) is 11.5 Å². The molecular formula is C16H20Si. The summed E-state index contributed by atoms with van der Waals surface area (Å²) in [7, 11) is -1.28. The first-order chi connectivity index (χ1) is 7.99. The molecule has 0 fully saturated rings. The van der Waals surface area contributed by atoms with Gasteiger partial charge in [0.15, 0.2) is 0 Å². The maximum Gasteiger partial charge on any atom is 0.129 e. The molecule has 0 saturated carbocycles. The van der Waals surface area contributed by atoms with Crippen LogP contribution < -0.4 is 0 Å². The van der Waals surface area contributed by atoms with E-state index in [0.717, 1.165) is 12.8 Å². The molecule has 0 radical (unpaired) electrons. The molecule has 17 heavy (non-hydrogen) atoms. The average molecular weight is 240 g/mol. The zero-order chi connectivity index (χ0) is 12.5. The number of hydrogen-bond acceptors (Lipinski definition) is 0. The summed E-state index contributed by atoms with van der Waals surface area (Å²) in [4.78, 5) is 0. The van der Waals surface area contributed by atoms with Gasteiger partial charge >= 0.3 is 0 Å². The molecular weight excluding hydrogens is 220 g/mol. The van der Waals surface area contributed by atoms with Gasteiger partial charge < -0.3 is 0 Å². The summed E-state index contributed by atoms with van der Waals surface area (Å²) in [5, 5.41) is 0. The van der Waals surface area contributed by atoms with E-state index in [4.69, 9.17) is 0 Å². The molecule has 1 aromatic rings. The highest BCUT2D eigenvalue weighted by atomic mass is 28.3. The van der Waals surface area contributed by atoms with Gasteiger partial charge in [-0.25, -0.2) is 0 Å². The van der Waals surface area contributed by atoms with Gasteiger partial charge in [-0.1, -0.05) is 56.3 Å². The van der Waals surface area contributed by atoms with E-state index in [1.165, 1.54) is 22.3 Å². The highest BCUT2D eigenvalue weighted by Gasteiger charge is 2.14. The van der Waals surface area contributed by atoms with Crippen LogP contribution in [0, 0.1) is 11.5 Å². The van der Waals surface area contributed by atoms with Crippen LogP contribution in [0.15, 0.2) is 23.8 Å². The summed E-state index contributed by atoms with van der Waals surface area (Å²) in [6.07, 6.45) is 4.60. The normalized spacial score (nSPS) is 13.8. The summed E-state index contributed by atoms with van der Waals surface area (Å²) in [6.45, 7) is 9.09. The predicted molar refractivity (Wildman–Crippen MR) is 78.6 cm³/mol. The molecule has 0 nitrogen and oxygen atoms in total. The second-order valence-corrected chi connectivity index (χ2v) is 10.5. The number of rotatable bonds is 1. The quantitative estimate of drug-likeness (QED) is 0.508. The molecule has 1 aromatic carbocycles. The lowest BCUT2D eigenvalue weighted by Crippen LogP contribution is -2.16.